The van der Waals surface area contributed by atoms with Crippen LogP contribution in [0.3, 0.4) is 0 Å². The third-order valence-electron chi connectivity index (χ3n) is 4.01. The Morgan fingerprint density at radius 1 is 1.12 bits per heavy atom. The normalized spacial score (nSPS) is 14.4. The third kappa shape index (κ3) is 3.23. The number of pyridine rings is 1. The van der Waals surface area contributed by atoms with Gasteiger partial charge >= 0.3 is 0 Å². The van der Waals surface area contributed by atoms with Crippen molar-refractivity contribution < 1.29 is 9.32 Å². The maximum absolute atomic E-state index is 12.5. The van der Waals surface area contributed by atoms with Crippen LogP contribution >= 0.6 is 23.2 Å². The predicted molar refractivity (Wildman–Crippen MR) is 92.6 cm³/mol. The Kier molecular flexibility index (Phi) is 4.15. The average molecular weight is 375 g/mol. The molecular weight excluding hydrogens is 363 g/mol. The fraction of sp³-hybridized carbons (Fsp3) is 0.176. The lowest BCUT2D eigenvalue weighted by Gasteiger charge is -2.37. The first-order valence-electron chi connectivity index (χ1n) is 7.59. The van der Waals surface area contributed by atoms with Crippen molar-refractivity contribution in [3.8, 4) is 11.4 Å². The highest BCUT2D eigenvalue weighted by molar-refractivity contribution is 6.35. The van der Waals surface area contributed by atoms with Gasteiger partial charge in [-0.05, 0) is 30.3 Å². The molecule has 0 atom stereocenters. The van der Waals surface area contributed by atoms with Gasteiger partial charge in [0.25, 0.3) is 5.91 Å². The Morgan fingerprint density at radius 2 is 1.80 bits per heavy atom. The van der Waals surface area contributed by atoms with Gasteiger partial charge in [0.1, 0.15) is 0 Å². The van der Waals surface area contributed by atoms with Gasteiger partial charge in [-0.25, -0.2) is 0 Å². The van der Waals surface area contributed by atoms with Gasteiger partial charge in [-0.1, -0.05) is 28.4 Å². The summed E-state index contributed by atoms with van der Waals surface area (Å²) in [6.07, 6.45) is 3.34. The van der Waals surface area contributed by atoms with E-state index in [1.54, 1.807) is 35.5 Å². The number of hydrogen-bond donors (Lipinski definition) is 0. The molecule has 0 unspecified atom stereocenters. The first-order chi connectivity index (χ1) is 12.1. The molecule has 6 nitrogen and oxygen atoms in total. The van der Waals surface area contributed by atoms with Crippen molar-refractivity contribution in [1.29, 1.82) is 0 Å². The molecule has 0 radical (unpaired) electrons. The predicted octanol–water partition coefficient (Wildman–Crippen LogP) is 3.68. The Bertz CT molecular complexity index is 903. The smallest absolute Gasteiger partial charge is 0.254 e. The van der Waals surface area contributed by atoms with Crippen molar-refractivity contribution in [3.05, 3.63) is 64.2 Å². The fourth-order valence-corrected chi connectivity index (χ4v) is 3.21. The van der Waals surface area contributed by atoms with E-state index in [0.29, 0.717) is 40.4 Å². The first-order valence-corrected chi connectivity index (χ1v) is 8.35. The maximum Gasteiger partial charge on any atom is 0.254 e. The van der Waals surface area contributed by atoms with E-state index in [9.17, 15) is 4.79 Å². The molecule has 1 fully saturated rings. The summed E-state index contributed by atoms with van der Waals surface area (Å²) in [6, 6.07) is 8.44. The Hall–Kier alpha value is -2.44. The largest absolute Gasteiger partial charge is 0.339 e. The minimum atomic E-state index is -0.116. The molecule has 1 aliphatic heterocycles. The second-order valence-electron chi connectivity index (χ2n) is 5.76. The number of carbonyl (C=O) groups excluding carboxylic acids is 1. The third-order valence-corrected chi connectivity index (χ3v) is 4.44. The number of rotatable bonds is 3. The van der Waals surface area contributed by atoms with Gasteiger partial charge in [0, 0.05) is 46.7 Å². The quantitative estimate of drug-likeness (QED) is 0.698. The van der Waals surface area contributed by atoms with E-state index < -0.39 is 0 Å². The van der Waals surface area contributed by atoms with Gasteiger partial charge in [0.2, 0.25) is 11.7 Å². The van der Waals surface area contributed by atoms with Crippen molar-refractivity contribution in [2.45, 2.75) is 5.92 Å². The molecule has 0 bridgehead atoms. The summed E-state index contributed by atoms with van der Waals surface area (Å²) in [5, 5.41) is 4.86. The van der Waals surface area contributed by atoms with Gasteiger partial charge in [0.15, 0.2) is 0 Å². The van der Waals surface area contributed by atoms with Gasteiger partial charge in [0.05, 0.1) is 5.92 Å². The maximum atomic E-state index is 12.5. The van der Waals surface area contributed by atoms with E-state index in [4.69, 9.17) is 27.7 Å². The lowest BCUT2D eigenvalue weighted by Crippen LogP contribution is -2.48. The molecule has 3 aromatic rings. The van der Waals surface area contributed by atoms with E-state index in [2.05, 4.69) is 15.1 Å². The van der Waals surface area contributed by atoms with Gasteiger partial charge in [-0.3, -0.25) is 9.78 Å². The van der Waals surface area contributed by atoms with E-state index >= 15 is 0 Å². The van der Waals surface area contributed by atoms with Gasteiger partial charge < -0.3 is 9.42 Å². The van der Waals surface area contributed by atoms with Crippen LogP contribution in [0.4, 0.5) is 0 Å². The molecule has 1 aliphatic rings. The van der Waals surface area contributed by atoms with Crippen LogP contribution in [-0.2, 0) is 0 Å². The molecular formula is C17H12Cl2N4O2. The molecule has 8 heteroatoms. The zero-order valence-electron chi connectivity index (χ0n) is 12.9. The van der Waals surface area contributed by atoms with Crippen LogP contribution in [0.1, 0.15) is 22.2 Å². The number of benzene rings is 1. The number of nitrogens with zero attached hydrogens (tertiary/aromatic N) is 4. The minimum absolute atomic E-state index is 0.0293. The monoisotopic (exact) mass is 374 g/mol. The summed E-state index contributed by atoms with van der Waals surface area (Å²) >= 11 is 11.9. The summed E-state index contributed by atoms with van der Waals surface area (Å²) in [6.45, 7) is 1.03. The molecule has 2 aromatic heterocycles. The van der Waals surface area contributed by atoms with Crippen molar-refractivity contribution >= 4 is 29.1 Å². The minimum Gasteiger partial charge on any atom is -0.339 e. The van der Waals surface area contributed by atoms with Crippen molar-refractivity contribution in [2.24, 2.45) is 0 Å². The molecule has 126 valence electrons. The van der Waals surface area contributed by atoms with E-state index in [1.807, 2.05) is 12.1 Å². The second-order valence-corrected chi connectivity index (χ2v) is 6.63. The lowest BCUT2D eigenvalue weighted by atomic mass is 9.98. The highest BCUT2D eigenvalue weighted by Gasteiger charge is 2.36. The van der Waals surface area contributed by atoms with Crippen LogP contribution in [0.2, 0.25) is 10.0 Å². The summed E-state index contributed by atoms with van der Waals surface area (Å²) in [4.78, 5) is 22.5. The molecule has 4 rings (SSSR count). The second kappa shape index (κ2) is 6.46. The Morgan fingerprint density at radius 3 is 2.48 bits per heavy atom. The Balaban J connectivity index is 1.44. The summed E-state index contributed by atoms with van der Waals surface area (Å²) in [5.41, 5.74) is 1.31. The summed E-state index contributed by atoms with van der Waals surface area (Å²) < 4.78 is 5.33. The topological polar surface area (TPSA) is 72.1 Å². The molecule has 0 N–H and O–H groups in total. The van der Waals surface area contributed by atoms with Gasteiger partial charge in [-0.2, -0.15) is 4.98 Å². The highest BCUT2D eigenvalue weighted by atomic mass is 35.5. The van der Waals surface area contributed by atoms with E-state index in [1.165, 1.54) is 0 Å². The Labute approximate surface area is 153 Å². The SMILES string of the molecule is O=C(c1cc(Cl)cc(Cl)c1)N1CC(c2nc(-c3ccncc3)no2)C1. The molecule has 1 amide bonds. The lowest BCUT2D eigenvalue weighted by molar-refractivity contribution is 0.0569. The van der Waals surface area contributed by atoms with Crippen LogP contribution in [0.15, 0.2) is 47.2 Å². The highest BCUT2D eigenvalue weighted by Crippen LogP contribution is 2.29. The van der Waals surface area contributed by atoms with Crippen molar-refractivity contribution in [3.63, 3.8) is 0 Å². The molecule has 25 heavy (non-hydrogen) atoms. The van der Waals surface area contributed by atoms with Crippen LogP contribution in [0.25, 0.3) is 11.4 Å². The first kappa shape index (κ1) is 16.1. The fourth-order valence-electron chi connectivity index (χ4n) is 2.68. The number of carbonyl (C=O) groups is 1. The van der Waals surface area contributed by atoms with Crippen LogP contribution < -0.4 is 0 Å². The standard InChI is InChI=1S/C17H12Cl2N4O2/c18-13-5-11(6-14(19)7-13)17(24)23-8-12(9-23)16-21-15(22-25-16)10-1-3-20-4-2-10/h1-7,12H,8-9H2. The number of likely N-dealkylation sites (tertiary alicyclic amines) is 1. The van der Waals surface area contributed by atoms with Crippen LogP contribution in [0, 0.1) is 0 Å². The molecule has 1 aromatic carbocycles. The van der Waals surface area contributed by atoms with Crippen molar-refractivity contribution in [2.75, 3.05) is 13.1 Å². The molecule has 0 saturated carbocycles. The van der Waals surface area contributed by atoms with E-state index in [-0.39, 0.29) is 11.8 Å². The zero-order valence-corrected chi connectivity index (χ0v) is 14.4. The molecule has 1 saturated heterocycles. The van der Waals surface area contributed by atoms with E-state index in [0.717, 1.165) is 5.56 Å². The van der Waals surface area contributed by atoms with Crippen molar-refractivity contribution in [1.82, 2.24) is 20.0 Å². The van der Waals surface area contributed by atoms with Crippen LogP contribution in [-0.4, -0.2) is 39.0 Å². The summed E-state index contributed by atoms with van der Waals surface area (Å²) in [7, 11) is 0. The molecule has 0 aliphatic carbocycles. The van der Waals surface area contributed by atoms with Gasteiger partial charge in [-0.15, -0.1) is 0 Å². The number of hydrogen-bond acceptors (Lipinski definition) is 5. The zero-order chi connectivity index (χ0) is 17.4. The summed E-state index contributed by atoms with van der Waals surface area (Å²) in [5.74, 6) is 0.958. The number of halogens is 2. The average Bonchev–Trinajstić information content (AvgIpc) is 3.03. The number of aromatic nitrogens is 3. The van der Waals surface area contributed by atoms with Crippen LogP contribution in [0.5, 0.6) is 0 Å². The number of amides is 1. The molecule has 0 spiro atoms. The molecule has 3 heterocycles.